The monoisotopic (exact) mass is 767 g/mol. The number of rotatable bonds is 10. The number of nitrogens with zero attached hydrogens (tertiary/aromatic N) is 3. The summed E-state index contributed by atoms with van der Waals surface area (Å²) in [4.78, 5) is 43.3. The SMILES string of the molecule is CC(C)=CCN1CCc2c(sc(N)c2C(=O)c2ccccc2)C1.Nc1sc2c(c1C(=O)c1ccc(Cl)cc1)CCN(CCc1ccc([N+](=O)[O-])cc1)C2. The zero-order valence-corrected chi connectivity index (χ0v) is 32.2. The van der Waals surface area contributed by atoms with Crippen molar-refractivity contribution in [2.24, 2.45) is 0 Å². The van der Waals surface area contributed by atoms with Gasteiger partial charge in [0, 0.05) is 77.3 Å². The maximum absolute atomic E-state index is 13.0. The van der Waals surface area contributed by atoms with Crippen LogP contribution in [-0.2, 0) is 32.4 Å². The van der Waals surface area contributed by atoms with Crippen LogP contribution < -0.4 is 11.5 Å². The number of carbonyl (C=O) groups excluding carboxylic acids is 2. The number of carbonyl (C=O) groups is 2. The molecule has 7 rings (SSSR count). The summed E-state index contributed by atoms with van der Waals surface area (Å²) >= 11 is 8.99. The first kappa shape index (κ1) is 38.1. The molecule has 0 aliphatic carbocycles. The number of anilines is 2. The van der Waals surface area contributed by atoms with Crippen LogP contribution in [0.25, 0.3) is 0 Å². The summed E-state index contributed by atoms with van der Waals surface area (Å²) in [6.45, 7) is 9.50. The number of nitrogen functional groups attached to an aromatic ring is 2. The minimum absolute atomic E-state index is 0.0540. The summed E-state index contributed by atoms with van der Waals surface area (Å²) in [5.41, 5.74) is 19.8. The topological polar surface area (TPSA) is 136 Å². The van der Waals surface area contributed by atoms with Crippen LogP contribution in [0.5, 0.6) is 0 Å². The van der Waals surface area contributed by atoms with E-state index in [0.29, 0.717) is 31.7 Å². The lowest BCUT2D eigenvalue weighted by molar-refractivity contribution is -0.384. The Bertz CT molecular complexity index is 2140. The lowest BCUT2D eigenvalue weighted by atomic mass is 9.96. The molecule has 3 aromatic carbocycles. The van der Waals surface area contributed by atoms with E-state index in [4.69, 9.17) is 23.1 Å². The van der Waals surface area contributed by atoms with Crippen molar-refractivity contribution in [3.8, 4) is 0 Å². The fraction of sp³-hybridized carbons (Fsp3) is 0.268. The fourth-order valence-corrected chi connectivity index (χ4v) is 9.10. The third kappa shape index (κ3) is 9.12. The van der Waals surface area contributed by atoms with Crippen LogP contribution in [0.4, 0.5) is 15.7 Å². The van der Waals surface area contributed by atoms with Crippen molar-refractivity contribution < 1.29 is 14.5 Å². The van der Waals surface area contributed by atoms with E-state index in [2.05, 4.69) is 29.7 Å². The number of hydrogen-bond acceptors (Lipinski definition) is 10. The molecule has 0 unspecified atom stereocenters. The van der Waals surface area contributed by atoms with Crippen LogP contribution in [0.2, 0.25) is 5.02 Å². The smallest absolute Gasteiger partial charge is 0.269 e. The van der Waals surface area contributed by atoms with E-state index < -0.39 is 0 Å². The van der Waals surface area contributed by atoms with E-state index >= 15 is 0 Å². The number of benzene rings is 3. The van der Waals surface area contributed by atoms with Crippen LogP contribution >= 0.6 is 34.3 Å². The highest BCUT2D eigenvalue weighted by molar-refractivity contribution is 7.17. The highest BCUT2D eigenvalue weighted by Crippen LogP contribution is 2.38. The molecule has 9 nitrogen and oxygen atoms in total. The summed E-state index contributed by atoms with van der Waals surface area (Å²) in [6.07, 6.45) is 4.73. The molecule has 0 atom stereocenters. The first-order valence-electron chi connectivity index (χ1n) is 17.5. The number of nitro benzene ring substituents is 1. The summed E-state index contributed by atoms with van der Waals surface area (Å²) in [5, 5.41) is 12.6. The lowest BCUT2D eigenvalue weighted by Gasteiger charge is -2.27. The van der Waals surface area contributed by atoms with E-state index in [1.54, 1.807) is 47.7 Å². The molecule has 0 saturated heterocycles. The largest absolute Gasteiger partial charge is 0.390 e. The van der Waals surface area contributed by atoms with Crippen LogP contribution in [0.3, 0.4) is 0 Å². The quantitative estimate of drug-likeness (QED) is 0.0624. The zero-order valence-electron chi connectivity index (χ0n) is 29.8. The number of allylic oxidation sites excluding steroid dienone is 1. The Balaban J connectivity index is 0.000000188. The number of nitro groups is 1. The molecule has 0 fully saturated rings. The van der Waals surface area contributed by atoms with Gasteiger partial charge >= 0.3 is 0 Å². The van der Waals surface area contributed by atoms with Crippen LogP contribution in [0.1, 0.15) is 72.1 Å². The number of nitrogens with two attached hydrogens (primary N) is 2. The molecule has 12 heteroatoms. The Morgan fingerprint density at radius 1 is 0.792 bits per heavy atom. The minimum atomic E-state index is -0.389. The molecule has 0 bridgehead atoms. The Kier molecular flexibility index (Phi) is 12.2. The molecule has 4 N–H and O–H groups in total. The standard InChI is InChI=1S/C22H20ClN3O3S.C19H22N2OS/c23-16-5-3-15(4-6-16)21(27)20-18-10-12-25(13-19(18)30-22(20)24)11-9-14-1-7-17(8-2-14)26(28)29;1-13(2)8-10-21-11-9-15-16(12-21)23-19(20)17(15)18(22)14-6-4-3-5-7-14/h1-8H,9-13,24H2;3-8H,9-12,20H2,1-2H3. The van der Waals surface area contributed by atoms with E-state index in [0.717, 1.165) is 85.7 Å². The highest BCUT2D eigenvalue weighted by atomic mass is 35.5. The molecule has 0 radical (unpaired) electrons. The second kappa shape index (κ2) is 17.0. The molecule has 4 heterocycles. The number of non-ortho nitro benzene ring substituents is 1. The lowest BCUT2D eigenvalue weighted by Crippen LogP contribution is -2.32. The maximum Gasteiger partial charge on any atom is 0.269 e. The molecule has 0 spiro atoms. The van der Waals surface area contributed by atoms with Gasteiger partial charge in [0.05, 0.1) is 26.1 Å². The maximum atomic E-state index is 13.0. The van der Waals surface area contributed by atoms with E-state index in [-0.39, 0.29) is 22.2 Å². The van der Waals surface area contributed by atoms with Crippen molar-refractivity contribution in [1.29, 1.82) is 0 Å². The Morgan fingerprint density at radius 3 is 1.87 bits per heavy atom. The molecule has 0 saturated carbocycles. The van der Waals surface area contributed by atoms with E-state index in [1.165, 1.54) is 33.9 Å². The average molecular weight is 768 g/mol. The Hall–Kier alpha value is -4.65. The molecule has 274 valence electrons. The average Bonchev–Trinajstić information content (AvgIpc) is 3.67. The second-order valence-corrected chi connectivity index (χ2v) is 16.2. The summed E-state index contributed by atoms with van der Waals surface area (Å²) in [5.74, 6) is -0.000606. The van der Waals surface area contributed by atoms with Crippen molar-refractivity contribution in [1.82, 2.24) is 9.80 Å². The van der Waals surface area contributed by atoms with Gasteiger partial charge in [0.2, 0.25) is 0 Å². The van der Waals surface area contributed by atoms with Crippen molar-refractivity contribution in [3.63, 3.8) is 0 Å². The van der Waals surface area contributed by atoms with Crippen molar-refractivity contribution in [2.45, 2.75) is 46.2 Å². The summed E-state index contributed by atoms with van der Waals surface area (Å²) in [6, 6.07) is 23.0. The Morgan fingerprint density at radius 2 is 1.32 bits per heavy atom. The van der Waals surface area contributed by atoms with E-state index in [1.807, 2.05) is 30.3 Å². The van der Waals surface area contributed by atoms with Crippen molar-refractivity contribution in [2.75, 3.05) is 37.6 Å². The normalized spacial score (nSPS) is 14.0. The van der Waals surface area contributed by atoms with Crippen LogP contribution in [-0.4, -0.2) is 52.5 Å². The zero-order chi connectivity index (χ0) is 37.6. The fourth-order valence-electron chi connectivity index (χ4n) is 6.66. The van der Waals surface area contributed by atoms with Crippen LogP contribution in [0, 0.1) is 10.1 Å². The molecular formula is C41H42ClN5O4S2. The first-order valence-corrected chi connectivity index (χ1v) is 19.5. The molecule has 2 aliphatic heterocycles. The highest BCUT2D eigenvalue weighted by Gasteiger charge is 2.29. The third-order valence-corrected chi connectivity index (χ3v) is 11.9. The third-order valence-electron chi connectivity index (χ3n) is 9.54. The van der Waals surface area contributed by atoms with Gasteiger partial charge in [-0.25, -0.2) is 0 Å². The van der Waals surface area contributed by atoms with Gasteiger partial charge in [0.15, 0.2) is 11.6 Å². The number of halogens is 1. The molecule has 53 heavy (non-hydrogen) atoms. The molecular weight excluding hydrogens is 726 g/mol. The number of fused-ring (bicyclic) bond motifs is 2. The molecule has 5 aromatic rings. The van der Waals surface area contributed by atoms with Gasteiger partial charge in [0.1, 0.15) is 0 Å². The Labute approximate surface area is 322 Å². The van der Waals surface area contributed by atoms with Gasteiger partial charge in [0.25, 0.3) is 5.69 Å². The predicted octanol–water partition coefficient (Wildman–Crippen LogP) is 8.61. The van der Waals surface area contributed by atoms with Gasteiger partial charge in [-0.2, -0.15) is 0 Å². The van der Waals surface area contributed by atoms with Crippen molar-refractivity contribution >= 4 is 61.5 Å². The first-order chi connectivity index (χ1) is 25.5. The molecule has 2 aromatic heterocycles. The number of hydrogen-bond donors (Lipinski definition) is 2. The van der Waals surface area contributed by atoms with Gasteiger partial charge in [-0.05, 0) is 74.1 Å². The van der Waals surface area contributed by atoms with Gasteiger partial charge < -0.3 is 11.5 Å². The minimum Gasteiger partial charge on any atom is -0.390 e. The van der Waals surface area contributed by atoms with Gasteiger partial charge in [-0.1, -0.05) is 65.7 Å². The molecule has 2 aliphatic rings. The summed E-state index contributed by atoms with van der Waals surface area (Å²) < 4.78 is 0. The predicted molar refractivity (Wildman–Crippen MR) is 216 cm³/mol. The number of thiophene rings is 2. The van der Waals surface area contributed by atoms with Gasteiger partial charge in [-0.3, -0.25) is 29.5 Å². The van der Waals surface area contributed by atoms with Gasteiger partial charge in [-0.15, -0.1) is 22.7 Å². The molecule has 0 amide bonds. The second-order valence-electron chi connectivity index (χ2n) is 13.5. The van der Waals surface area contributed by atoms with Crippen LogP contribution in [0.15, 0.2) is 90.5 Å². The van der Waals surface area contributed by atoms with Crippen molar-refractivity contribution in [3.05, 3.63) is 154 Å². The number of ketones is 2. The van der Waals surface area contributed by atoms with E-state index in [9.17, 15) is 19.7 Å². The summed E-state index contributed by atoms with van der Waals surface area (Å²) in [7, 11) is 0.